The number of rotatable bonds is 7. The van der Waals surface area contributed by atoms with Crippen LogP contribution >= 0.6 is 0 Å². The average molecular weight is 254 g/mol. The lowest BCUT2D eigenvalue weighted by Gasteiger charge is -2.13. The summed E-state index contributed by atoms with van der Waals surface area (Å²) in [5.74, 6) is -0.735. The molecule has 0 unspecified atom stereocenters. The number of hydrogen-bond acceptors (Lipinski definition) is 5. The topological polar surface area (TPSA) is 71.9 Å². The Kier molecular flexibility index (Phi) is 5.38. The van der Waals surface area contributed by atoms with Gasteiger partial charge < -0.3 is 19.5 Å². The van der Waals surface area contributed by atoms with Crippen LogP contribution in [0.15, 0.2) is 12.3 Å². The molecule has 100 valence electrons. The SMILES string of the molecule is CCOc1ccnc(OCCN(C)C)c1C(=O)O. The van der Waals surface area contributed by atoms with Crippen molar-refractivity contribution >= 4 is 5.97 Å². The van der Waals surface area contributed by atoms with Gasteiger partial charge in [0.15, 0.2) is 5.56 Å². The molecule has 0 spiro atoms. The number of carboxylic acids is 1. The van der Waals surface area contributed by atoms with Crippen LogP contribution in [0.3, 0.4) is 0 Å². The number of hydrogen-bond donors (Lipinski definition) is 1. The first-order valence-electron chi connectivity index (χ1n) is 5.68. The Morgan fingerprint density at radius 1 is 1.44 bits per heavy atom. The predicted octanol–water partition coefficient (Wildman–Crippen LogP) is 1.12. The lowest BCUT2D eigenvalue weighted by molar-refractivity contribution is 0.0686. The van der Waals surface area contributed by atoms with Gasteiger partial charge in [0.25, 0.3) is 0 Å². The van der Waals surface area contributed by atoms with Gasteiger partial charge in [0.05, 0.1) is 6.61 Å². The fourth-order valence-corrected chi connectivity index (χ4v) is 1.33. The van der Waals surface area contributed by atoms with Crippen molar-refractivity contribution in [2.45, 2.75) is 6.92 Å². The second kappa shape index (κ2) is 6.80. The maximum atomic E-state index is 11.2. The summed E-state index contributed by atoms with van der Waals surface area (Å²) in [6.07, 6.45) is 1.47. The molecule has 0 atom stereocenters. The van der Waals surface area contributed by atoms with Crippen LogP contribution in [0.4, 0.5) is 0 Å². The van der Waals surface area contributed by atoms with E-state index in [9.17, 15) is 9.90 Å². The third kappa shape index (κ3) is 3.89. The molecule has 0 fully saturated rings. The van der Waals surface area contributed by atoms with E-state index < -0.39 is 5.97 Å². The molecular formula is C12H18N2O4. The normalized spacial score (nSPS) is 10.4. The number of ether oxygens (including phenoxy) is 2. The molecule has 18 heavy (non-hydrogen) atoms. The maximum Gasteiger partial charge on any atom is 0.345 e. The van der Waals surface area contributed by atoms with Crippen LogP contribution in [-0.4, -0.2) is 54.8 Å². The highest BCUT2D eigenvalue weighted by molar-refractivity contribution is 5.93. The van der Waals surface area contributed by atoms with Gasteiger partial charge in [-0.15, -0.1) is 0 Å². The van der Waals surface area contributed by atoms with Gasteiger partial charge in [-0.3, -0.25) is 0 Å². The van der Waals surface area contributed by atoms with Crippen LogP contribution in [0.1, 0.15) is 17.3 Å². The van der Waals surface area contributed by atoms with Crippen molar-refractivity contribution in [1.29, 1.82) is 0 Å². The standard InChI is InChI=1S/C12H18N2O4/c1-4-17-9-5-6-13-11(10(9)12(15)16)18-8-7-14(2)3/h5-6H,4,7-8H2,1-3H3,(H,15,16). The Balaban J connectivity index is 2.88. The molecule has 0 saturated heterocycles. The van der Waals surface area contributed by atoms with Crippen molar-refractivity contribution in [2.24, 2.45) is 0 Å². The van der Waals surface area contributed by atoms with Crippen molar-refractivity contribution < 1.29 is 19.4 Å². The van der Waals surface area contributed by atoms with Gasteiger partial charge in [0.2, 0.25) is 5.88 Å². The molecule has 0 bridgehead atoms. The third-order valence-electron chi connectivity index (χ3n) is 2.17. The first-order chi connectivity index (χ1) is 8.56. The number of nitrogens with zero attached hydrogens (tertiary/aromatic N) is 2. The van der Waals surface area contributed by atoms with Crippen LogP contribution in [-0.2, 0) is 0 Å². The zero-order chi connectivity index (χ0) is 13.5. The van der Waals surface area contributed by atoms with E-state index in [0.717, 1.165) is 0 Å². The molecule has 1 N–H and O–H groups in total. The molecule has 1 heterocycles. The second-order valence-electron chi connectivity index (χ2n) is 3.88. The fraction of sp³-hybridized carbons (Fsp3) is 0.500. The summed E-state index contributed by atoms with van der Waals surface area (Å²) in [5, 5.41) is 9.17. The molecule has 1 rings (SSSR count). The first kappa shape index (κ1) is 14.2. The van der Waals surface area contributed by atoms with Crippen molar-refractivity contribution in [3.8, 4) is 11.6 Å². The molecule has 6 heteroatoms. The summed E-state index contributed by atoms with van der Waals surface area (Å²) in [7, 11) is 3.82. The van der Waals surface area contributed by atoms with Crippen LogP contribution in [0.2, 0.25) is 0 Å². The Bertz CT molecular complexity index is 407. The third-order valence-corrected chi connectivity index (χ3v) is 2.17. The molecule has 0 aromatic carbocycles. The Morgan fingerprint density at radius 3 is 2.72 bits per heavy atom. The Hall–Kier alpha value is -1.82. The van der Waals surface area contributed by atoms with Crippen molar-refractivity contribution in [2.75, 3.05) is 33.9 Å². The van der Waals surface area contributed by atoms with E-state index in [1.54, 1.807) is 6.92 Å². The van der Waals surface area contributed by atoms with Gasteiger partial charge in [-0.25, -0.2) is 9.78 Å². The van der Waals surface area contributed by atoms with E-state index in [4.69, 9.17) is 9.47 Å². The molecule has 1 aromatic heterocycles. The van der Waals surface area contributed by atoms with E-state index in [-0.39, 0.29) is 17.2 Å². The van der Waals surface area contributed by atoms with Gasteiger partial charge >= 0.3 is 5.97 Å². The molecule has 0 amide bonds. The Morgan fingerprint density at radius 2 is 2.17 bits per heavy atom. The van der Waals surface area contributed by atoms with E-state index in [0.29, 0.717) is 19.8 Å². The Labute approximate surface area is 106 Å². The molecular weight excluding hydrogens is 236 g/mol. The van der Waals surface area contributed by atoms with E-state index in [1.807, 2.05) is 19.0 Å². The molecule has 6 nitrogen and oxygen atoms in total. The monoisotopic (exact) mass is 254 g/mol. The molecule has 0 saturated carbocycles. The highest BCUT2D eigenvalue weighted by atomic mass is 16.5. The zero-order valence-electron chi connectivity index (χ0n) is 10.8. The molecule has 0 aliphatic carbocycles. The lowest BCUT2D eigenvalue weighted by atomic mass is 10.2. The first-order valence-corrected chi connectivity index (χ1v) is 5.68. The van der Waals surface area contributed by atoms with E-state index >= 15 is 0 Å². The second-order valence-corrected chi connectivity index (χ2v) is 3.88. The van der Waals surface area contributed by atoms with Gasteiger partial charge in [-0.1, -0.05) is 0 Å². The van der Waals surface area contributed by atoms with Gasteiger partial charge in [-0.05, 0) is 27.1 Å². The zero-order valence-corrected chi connectivity index (χ0v) is 10.8. The number of aromatic nitrogens is 1. The minimum Gasteiger partial charge on any atom is -0.493 e. The molecule has 1 aromatic rings. The van der Waals surface area contributed by atoms with Crippen LogP contribution in [0, 0.1) is 0 Å². The number of likely N-dealkylation sites (N-methyl/N-ethyl adjacent to an activating group) is 1. The number of carboxylic acid groups (broad SMARTS) is 1. The summed E-state index contributed by atoms with van der Waals surface area (Å²) < 4.78 is 10.6. The van der Waals surface area contributed by atoms with Crippen LogP contribution in [0.25, 0.3) is 0 Å². The van der Waals surface area contributed by atoms with Gasteiger partial charge in [-0.2, -0.15) is 0 Å². The summed E-state index contributed by atoms with van der Waals surface area (Å²) in [4.78, 5) is 17.1. The summed E-state index contributed by atoms with van der Waals surface area (Å²) in [6.45, 7) is 3.23. The summed E-state index contributed by atoms with van der Waals surface area (Å²) in [5.41, 5.74) is -0.0295. The quantitative estimate of drug-likeness (QED) is 0.786. The highest BCUT2D eigenvalue weighted by Crippen LogP contribution is 2.26. The minimum atomic E-state index is -1.11. The van der Waals surface area contributed by atoms with Crippen LogP contribution in [0.5, 0.6) is 11.6 Å². The largest absolute Gasteiger partial charge is 0.493 e. The number of carbonyl (C=O) groups is 1. The lowest BCUT2D eigenvalue weighted by Crippen LogP contribution is -2.20. The highest BCUT2D eigenvalue weighted by Gasteiger charge is 2.19. The van der Waals surface area contributed by atoms with Gasteiger partial charge in [0.1, 0.15) is 12.4 Å². The molecule has 0 aliphatic heterocycles. The van der Waals surface area contributed by atoms with E-state index in [1.165, 1.54) is 12.3 Å². The minimum absolute atomic E-state index is 0.0295. The molecule has 0 aliphatic rings. The van der Waals surface area contributed by atoms with E-state index in [2.05, 4.69) is 4.98 Å². The fourth-order valence-electron chi connectivity index (χ4n) is 1.33. The summed E-state index contributed by atoms with van der Waals surface area (Å²) >= 11 is 0. The predicted molar refractivity (Wildman–Crippen MR) is 66.4 cm³/mol. The smallest absolute Gasteiger partial charge is 0.345 e. The van der Waals surface area contributed by atoms with Gasteiger partial charge in [0, 0.05) is 12.7 Å². The number of pyridine rings is 1. The summed E-state index contributed by atoms with van der Waals surface area (Å²) in [6, 6.07) is 1.52. The number of aromatic carboxylic acids is 1. The van der Waals surface area contributed by atoms with Crippen molar-refractivity contribution in [3.63, 3.8) is 0 Å². The average Bonchev–Trinajstić information content (AvgIpc) is 2.28. The van der Waals surface area contributed by atoms with Crippen molar-refractivity contribution in [3.05, 3.63) is 17.8 Å². The van der Waals surface area contributed by atoms with Crippen LogP contribution < -0.4 is 9.47 Å². The molecule has 0 radical (unpaired) electrons. The van der Waals surface area contributed by atoms with Crippen molar-refractivity contribution in [1.82, 2.24) is 9.88 Å². The maximum absolute atomic E-state index is 11.2.